The van der Waals surface area contributed by atoms with Crippen LogP contribution in [0.2, 0.25) is 0 Å². The van der Waals surface area contributed by atoms with E-state index in [1.165, 1.54) is 0 Å². The van der Waals surface area contributed by atoms with Crippen LogP contribution in [0.25, 0.3) is 0 Å². The Hall–Kier alpha value is -0.280. The van der Waals surface area contributed by atoms with Crippen molar-refractivity contribution in [3.8, 4) is 0 Å². The molecule has 1 atom stereocenters. The predicted molar refractivity (Wildman–Crippen MR) is 36.2 cm³/mol. The normalized spacial score (nSPS) is 14.5. The van der Waals surface area contributed by atoms with Gasteiger partial charge in [-0.2, -0.15) is 0 Å². The van der Waals surface area contributed by atoms with Gasteiger partial charge in [0, 0.05) is 0 Å². The lowest BCUT2D eigenvalue weighted by molar-refractivity contribution is -0.163. The molecule has 0 saturated heterocycles. The van der Waals surface area contributed by atoms with E-state index in [-0.39, 0.29) is 0 Å². The van der Waals surface area contributed by atoms with Gasteiger partial charge in [0.15, 0.2) is 0 Å². The maximum atomic E-state index is 10.5. The first-order valence-electron chi connectivity index (χ1n) is 2.85. The van der Waals surface area contributed by atoms with E-state index in [1.54, 1.807) is 20.8 Å². The van der Waals surface area contributed by atoms with Crippen molar-refractivity contribution in [1.82, 2.24) is 0 Å². The van der Waals surface area contributed by atoms with Crippen LogP contribution in [0.5, 0.6) is 0 Å². The van der Waals surface area contributed by atoms with E-state index >= 15 is 0 Å². The van der Waals surface area contributed by atoms with E-state index in [0.717, 1.165) is 0 Å². The van der Waals surface area contributed by atoms with Gasteiger partial charge in [-0.05, 0) is 20.8 Å². The Labute approximate surface area is 64.9 Å². The maximum absolute atomic E-state index is 10.5. The molecule has 0 N–H and O–H groups in total. The first-order valence-corrected chi connectivity index (χ1v) is 3.29. The molecule has 0 heterocycles. The molecule has 0 aliphatic heterocycles. The lowest BCUT2D eigenvalue weighted by Crippen LogP contribution is -2.28. The number of halogens is 1. The number of carbonyl (C=O) groups is 1. The number of rotatable bonds is 1. The monoisotopic (exact) mass is 165 g/mol. The van der Waals surface area contributed by atoms with E-state index in [0.29, 0.717) is 0 Å². The molecule has 0 aromatic carbocycles. The Morgan fingerprint density at radius 3 is 2.00 bits per heavy atom. The van der Waals surface area contributed by atoms with E-state index in [4.69, 9.17) is 11.6 Å². The third kappa shape index (κ3) is 4.58. The zero-order chi connectivity index (χ0) is 8.36. The molecule has 0 aromatic rings. The van der Waals surface area contributed by atoms with Crippen molar-refractivity contribution in [2.75, 3.05) is 0 Å². The Morgan fingerprint density at radius 1 is 1.50 bits per heavy atom. The van der Waals surface area contributed by atoms with Gasteiger partial charge in [0.25, 0.3) is 5.56 Å². The molecule has 1 unspecified atom stereocenters. The molecule has 0 aliphatic rings. The number of alkyl halides is 1. The molecule has 0 fully saturated rings. The highest BCUT2D eigenvalue weighted by molar-refractivity contribution is 6.28. The quantitative estimate of drug-likeness (QED) is 0.435. The number of ether oxygens (including phenoxy) is 1. The van der Waals surface area contributed by atoms with Crippen molar-refractivity contribution in [2.24, 2.45) is 0 Å². The average Bonchev–Trinajstić information content (AvgIpc) is 1.60. The van der Waals surface area contributed by atoms with Gasteiger partial charge < -0.3 is 4.74 Å². The van der Waals surface area contributed by atoms with Crippen molar-refractivity contribution < 1.29 is 14.6 Å². The van der Waals surface area contributed by atoms with Gasteiger partial charge in [-0.3, -0.25) is 0 Å². The molecule has 1 radical (unpaired) electrons. The molecule has 0 saturated carbocycles. The predicted octanol–water partition coefficient (Wildman–Crippen LogP) is 1.32. The van der Waals surface area contributed by atoms with Gasteiger partial charge in [-0.15, -0.1) is 0 Å². The molecular formula is C6H10ClO3. The van der Waals surface area contributed by atoms with Crippen LogP contribution < -0.4 is 0 Å². The summed E-state index contributed by atoms with van der Waals surface area (Å²) in [7, 11) is 0. The zero-order valence-electron chi connectivity index (χ0n) is 6.18. The van der Waals surface area contributed by atoms with E-state index < -0.39 is 17.1 Å². The van der Waals surface area contributed by atoms with Gasteiger partial charge in [0.05, 0.1) is 0 Å². The minimum atomic E-state index is -1.81. The summed E-state index contributed by atoms with van der Waals surface area (Å²) in [5, 5.41) is 10.2. The van der Waals surface area contributed by atoms with Crippen LogP contribution in [0.4, 0.5) is 0 Å². The summed E-state index contributed by atoms with van der Waals surface area (Å²) in [4.78, 5) is 10.5. The summed E-state index contributed by atoms with van der Waals surface area (Å²) in [6, 6.07) is 0. The van der Waals surface area contributed by atoms with Gasteiger partial charge in [-0.25, -0.2) is 9.90 Å². The molecule has 0 bridgehead atoms. The minimum absolute atomic E-state index is 0.630. The highest BCUT2D eigenvalue weighted by atomic mass is 35.5. The van der Waals surface area contributed by atoms with E-state index in [2.05, 4.69) is 4.74 Å². The Kier molecular flexibility index (Phi) is 3.12. The first-order chi connectivity index (χ1) is 4.33. The second-order valence-corrected chi connectivity index (χ2v) is 3.25. The SMILES string of the molecule is CC(C)(C)OC(=O)C([O])Cl. The second kappa shape index (κ2) is 3.21. The molecule has 59 valence electrons. The fourth-order valence-corrected chi connectivity index (χ4v) is 0.393. The summed E-state index contributed by atoms with van der Waals surface area (Å²) in [6.07, 6.45) is 0. The van der Waals surface area contributed by atoms with Crippen molar-refractivity contribution in [2.45, 2.75) is 31.9 Å². The van der Waals surface area contributed by atoms with Crippen LogP contribution >= 0.6 is 11.6 Å². The fraction of sp³-hybridized carbons (Fsp3) is 0.833. The lowest BCUT2D eigenvalue weighted by Gasteiger charge is -2.19. The molecule has 10 heavy (non-hydrogen) atoms. The summed E-state index contributed by atoms with van der Waals surface area (Å²) in [5.74, 6) is -0.922. The molecule has 0 amide bonds. The number of hydrogen-bond donors (Lipinski definition) is 0. The second-order valence-electron chi connectivity index (χ2n) is 2.85. The van der Waals surface area contributed by atoms with Crippen LogP contribution in [-0.2, 0) is 14.6 Å². The Bertz CT molecular complexity index is 125. The van der Waals surface area contributed by atoms with Gasteiger partial charge in [-0.1, -0.05) is 11.6 Å². The van der Waals surface area contributed by atoms with Crippen molar-refractivity contribution in [1.29, 1.82) is 0 Å². The van der Waals surface area contributed by atoms with Crippen molar-refractivity contribution in [3.05, 3.63) is 0 Å². The number of esters is 1. The van der Waals surface area contributed by atoms with Crippen LogP contribution in [0, 0.1) is 0 Å². The third-order valence-corrected chi connectivity index (χ3v) is 0.770. The Morgan fingerprint density at radius 2 is 1.90 bits per heavy atom. The maximum Gasteiger partial charge on any atom is 0.354 e. The third-order valence-electron chi connectivity index (χ3n) is 0.592. The smallest absolute Gasteiger partial charge is 0.354 e. The number of carbonyl (C=O) groups excluding carboxylic acids is 1. The minimum Gasteiger partial charge on any atom is -0.457 e. The van der Waals surface area contributed by atoms with Crippen LogP contribution in [-0.4, -0.2) is 17.1 Å². The van der Waals surface area contributed by atoms with Gasteiger partial charge in [0.2, 0.25) is 0 Å². The summed E-state index contributed by atoms with van der Waals surface area (Å²) >= 11 is 4.90. The first kappa shape index (κ1) is 9.72. The molecule has 3 nitrogen and oxygen atoms in total. The highest BCUT2D eigenvalue weighted by Gasteiger charge is 2.21. The zero-order valence-corrected chi connectivity index (χ0v) is 6.94. The summed E-state index contributed by atoms with van der Waals surface area (Å²) in [6.45, 7) is 5.01. The highest BCUT2D eigenvalue weighted by Crippen LogP contribution is 2.09. The lowest BCUT2D eigenvalue weighted by atomic mass is 10.2. The largest absolute Gasteiger partial charge is 0.457 e. The van der Waals surface area contributed by atoms with Crippen LogP contribution in [0.1, 0.15) is 20.8 Å². The topological polar surface area (TPSA) is 46.2 Å². The molecular weight excluding hydrogens is 156 g/mol. The molecule has 0 aromatic heterocycles. The molecule has 0 aliphatic carbocycles. The van der Waals surface area contributed by atoms with E-state index in [1.807, 2.05) is 0 Å². The van der Waals surface area contributed by atoms with Gasteiger partial charge >= 0.3 is 5.97 Å². The fourth-order valence-electron chi connectivity index (χ4n) is 0.348. The van der Waals surface area contributed by atoms with Crippen LogP contribution in [0.3, 0.4) is 0 Å². The van der Waals surface area contributed by atoms with Gasteiger partial charge in [0.1, 0.15) is 5.60 Å². The Balaban J connectivity index is 3.81. The van der Waals surface area contributed by atoms with Crippen molar-refractivity contribution >= 4 is 17.6 Å². The number of hydrogen-bond acceptors (Lipinski definition) is 2. The molecule has 4 heteroatoms. The van der Waals surface area contributed by atoms with E-state index in [9.17, 15) is 9.90 Å². The van der Waals surface area contributed by atoms with Crippen molar-refractivity contribution in [3.63, 3.8) is 0 Å². The molecule has 0 spiro atoms. The average molecular weight is 166 g/mol. The summed E-state index contributed by atoms with van der Waals surface area (Å²) in [5.41, 5.74) is -2.44. The molecule has 0 rings (SSSR count). The van der Waals surface area contributed by atoms with Crippen LogP contribution in [0.15, 0.2) is 0 Å². The summed E-state index contributed by atoms with van der Waals surface area (Å²) < 4.78 is 4.62. The standard InChI is InChI=1S/C6H10ClO3/c1-6(2,3)10-5(9)4(7)8/h4H,1-3H3.